The molecule has 35 heavy (non-hydrogen) atoms. The third kappa shape index (κ3) is 5.50. The quantitative estimate of drug-likeness (QED) is 0.348. The van der Waals surface area contributed by atoms with Gasteiger partial charge in [0.2, 0.25) is 5.95 Å². The van der Waals surface area contributed by atoms with E-state index in [1.807, 2.05) is 18.3 Å². The highest BCUT2D eigenvalue weighted by Crippen LogP contribution is 2.37. The van der Waals surface area contributed by atoms with Crippen molar-refractivity contribution in [3.8, 4) is 11.1 Å². The third-order valence-corrected chi connectivity index (χ3v) is 8.93. The maximum absolute atomic E-state index is 13.1. The lowest BCUT2D eigenvalue weighted by Gasteiger charge is -2.31. The number of fused-ring (bicyclic) bond motifs is 1. The zero-order chi connectivity index (χ0) is 24.2. The maximum atomic E-state index is 13.1. The van der Waals surface area contributed by atoms with Gasteiger partial charge in [0.25, 0.3) is 0 Å². The Balaban J connectivity index is 1.43. The number of unbranched alkanes of at least 4 members (excludes halogenated alkanes) is 1. The van der Waals surface area contributed by atoms with Crippen molar-refractivity contribution in [2.24, 2.45) is 0 Å². The Morgan fingerprint density at radius 3 is 2.51 bits per heavy atom. The van der Waals surface area contributed by atoms with E-state index in [1.165, 1.54) is 32.1 Å². The Bertz CT molecular complexity index is 1100. The highest BCUT2D eigenvalue weighted by Gasteiger charge is 2.26. The van der Waals surface area contributed by atoms with E-state index in [4.69, 9.17) is 4.98 Å². The van der Waals surface area contributed by atoms with Crippen LogP contribution in [0.3, 0.4) is 0 Å². The Morgan fingerprint density at radius 2 is 1.80 bits per heavy atom. The predicted octanol–water partition coefficient (Wildman–Crippen LogP) is 5.09. The minimum absolute atomic E-state index is 0.488. The van der Waals surface area contributed by atoms with Crippen LogP contribution < -0.4 is 5.32 Å². The van der Waals surface area contributed by atoms with E-state index in [0.29, 0.717) is 12.0 Å². The fourth-order valence-corrected chi connectivity index (χ4v) is 6.38. The van der Waals surface area contributed by atoms with E-state index in [0.717, 1.165) is 72.6 Å². The molecule has 2 aromatic heterocycles. The number of nitrogens with zero attached hydrogens (tertiary/aromatic N) is 5. The van der Waals surface area contributed by atoms with Gasteiger partial charge in [-0.15, -0.1) is 4.31 Å². The van der Waals surface area contributed by atoms with Crippen LogP contribution in [0.5, 0.6) is 0 Å². The van der Waals surface area contributed by atoms with Gasteiger partial charge in [0.1, 0.15) is 5.65 Å². The van der Waals surface area contributed by atoms with Crippen LogP contribution in [-0.4, -0.2) is 68.1 Å². The summed E-state index contributed by atoms with van der Waals surface area (Å²) in [6.45, 7) is 6.68. The van der Waals surface area contributed by atoms with Gasteiger partial charge >= 0.3 is 0 Å². The SMILES string of the molecule is CCCCNc1ncc2c(-c3ccc([S+]([O-])N4CCN(C)CC4)cc3)cn(C3CCCCC3)c2n1. The van der Waals surface area contributed by atoms with Crippen molar-refractivity contribution < 1.29 is 4.55 Å². The molecule has 2 fully saturated rings. The second-order valence-electron chi connectivity index (χ2n) is 9.96. The number of aromatic nitrogens is 3. The molecule has 1 aliphatic heterocycles. The van der Waals surface area contributed by atoms with E-state index >= 15 is 0 Å². The average Bonchev–Trinajstić information content (AvgIpc) is 3.28. The molecule has 0 amide bonds. The highest BCUT2D eigenvalue weighted by molar-refractivity contribution is 7.89. The van der Waals surface area contributed by atoms with Crippen molar-refractivity contribution in [2.75, 3.05) is 45.1 Å². The molecule has 0 radical (unpaired) electrons. The summed E-state index contributed by atoms with van der Waals surface area (Å²) >= 11 is -1.11. The monoisotopic (exact) mass is 494 g/mol. The molecular weight excluding hydrogens is 456 g/mol. The molecule has 1 unspecified atom stereocenters. The fourth-order valence-electron chi connectivity index (χ4n) is 5.21. The van der Waals surface area contributed by atoms with Crippen LogP contribution in [0.2, 0.25) is 0 Å². The average molecular weight is 495 g/mol. The van der Waals surface area contributed by atoms with Gasteiger partial charge in [0, 0.05) is 49.0 Å². The summed E-state index contributed by atoms with van der Waals surface area (Å²) < 4.78 is 17.6. The maximum Gasteiger partial charge on any atom is 0.224 e. The van der Waals surface area contributed by atoms with E-state index < -0.39 is 11.4 Å². The second-order valence-corrected chi connectivity index (χ2v) is 11.4. The molecule has 3 heterocycles. The van der Waals surface area contributed by atoms with Crippen LogP contribution >= 0.6 is 0 Å². The first-order valence-corrected chi connectivity index (χ1v) is 14.3. The lowest BCUT2D eigenvalue weighted by Crippen LogP contribution is -2.46. The first-order valence-electron chi connectivity index (χ1n) is 13.2. The Hall–Kier alpha value is -2.13. The van der Waals surface area contributed by atoms with E-state index in [2.05, 4.69) is 56.4 Å². The smallest absolute Gasteiger partial charge is 0.224 e. The van der Waals surface area contributed by atoms with E-state index in [9.17, 15) is 4.55 Å². The first kappa shape index (κ1) is 24.6. The van der Waals surface area contributed by atoms with E-state index in [-0.39, 0.29) is 0 Å². The number of hydrogen-bond donors (Lipinski definition) is 1. The topological polar surface area (TPSA) is 72.3 Å². The second kappa shape index (κ2) is 11.3. The first-order chi connectivity index (χ1) is 17.1. The molecule has 5 rings (SSSR count). The molecule has 0 spiro atoms. The van der Waals surface area contributed by atoms with Crippen molar-refractivity contribution in [3.05, 3.63) is 36.7 Å². The molecule has 2 aliphatic rings. The highest BCUT2D eigenvalue weighted by atomic mass is 32.2. The molecule has 0 bridgehead atoms. The van der Waals surface area contributed by atoms with Gasteiger partial charge < -0.3 is 19.3 Å². The van der Waals surface area contributed by atoms with Crippen LogP contribution in [0, 0.1) is 0 Å². The van der Waals surface area contributed by atoms with Gasteiger partial charge in [-0.3, -0.25) is 0 Å². The van der Waals surface area contributed by atoms with Crippen molar-refractivity contribution in [1.29, 1.82) is 0 Å². The zero-order valence-electron chi connectivity index (χ0n) is 21.1. The number of piperazine rings is 1. The Labute approximate surface area is 212 Å². The lowest BCUT2D eigenvalue weighted by molar-refractivity contribution is 0.222. The van der Waals surface area contributed by atoms with Crippen LogP contribution in [0.4, 0.5) is 5.95 Å². The number of rotatable bonds is 8. The molecule has 1 aromatic carbocycles. The third-order valence-electron chi connectivity index (χ3n) is 7.42. The van der Waals surface area contributed by atoms with Gasteiger partial charge in [-0.05, 0) is 56.1 Å². The van der Waals surface area contributed by atoms with Crippen LogP contribution in [0.15, 0.2) is 41.6 Å². The van der Waals surface area contributed by atoms with Crippen LogP contribution in [-0.2, 0) is 11.4 Å². The molecule has 3 aromatic rings. The largest absolute Gasteiger partial charge is 0.593 e. The number of anilines is 1. The van der Waals surface area contributed by atoms with Crippen molar-refractivity contribution in [3.63, 3.8) is 0 Å². The number of benzene rings is 1. The summed E-state index contributed by atoms with van der Waals surface area (Å²) in [5, 5.41) is 4.48. The molecule has 1 aliphatic carbocycles. The zero-order valence-corrected chi connectivity index (χ0v) is 21.9. The van der Waals surface area contributed by atoms with Crippen LogP contribution in [0.25, 0.3) is 22.2 Å². The van der Waals surface area contributed by atoms with Crippen molar-refractivity contribution in [1.82, 2.24) is 23.7 Å². The summed E-state index contributed by atoms with van der Waals surface area (Å²) in [5.41, 5.74) is 3.30. The van der Waals surface area contributed by atoms with E-state index in [1.54, 1.807) is 0 Å². The lowest BCUT2D eigenvalue weighted by atomic mass is 9.95. The molecule has 1 saturated carbocycles. The van der Waals surface area contributed by atoms with Gasteiger partial charge in [-0.25, -0.2) is 4.98 Å². The van der Waals surface area contributed by atoms with Crippen molar-refractivity contribution in [2.45, 2.75) is 62.8 Å². The molecule has 1 N–H and O–H groups in total. The minimum Gasteiger partial charge on any atom is -0.593 e. The molecule has 8 heteroatoms. The number of likely N-dealkylation sites (N-methyl/N-ethyl adjacent to an activating group) is 1. The normalized spacial score (nSPS) is 19.3. The molecule has 7 nitrogen and oxygen atoms in total. The Morgan fingerprint density at radius 1 is 1.06 bits per heavy atom. The number of hydrogen-bond acceptors (Lipinski definition) is 6. The molecule has 1 atom stereocenters. The van der Waals surface area contributed by atoms with Crippen LogP contribution in [0.1, 0.15) is 57.9 Å². The predicted molar refractivity (Wildman–Crippen MR) is 144 cm³/mol. The van der Waals surface area contributed by atoms with Gasteiger partial charge in [0.15, 0.2) is 4.90 Å². The summed E-state index contributed by atoms with van der Waals surface area (Å²) in [7, 11) is 2.12. The fraction of sp³-hybridized carbons (Fsp3) is 0.556. The summed E-state index contributed by atoms with van der Waals surface area (Å²) in [4.78, 5) is 12.8. The summed E-state index contributed by atoms with van der Waals surface area (Å²) in [5.74, 6) is 0.714. The van der Waals surface area contributed by atoms with Gasteiger partial charge in [-0.1, -0.05) is 32.6 Å². The standard InChI is InChI=1S/C27H38N6OS/c1-3-4-14-28-27-29-19-24-25(20-33(26(24)30-27)22-8-6-5-7-9-22)21-10-12-23(13-11-21)35(34)32-17-15-31(2)16-18-32/h10-13,19-20,22H,3-9,14-18H2,1-2H3,(H,28,29,30). The summed E-state index contributed by atoms with van der Waals surface area (Å²) in [6, 6.07) is 8.75. The number of nitrogens with one attached hydrogen (secondary N) is 1. The van der Waals surface area contributed by atoms with Crippen molar-refractivity contribution >= 4 is 28.3 Å². The molecular formula is C27H38N6OS. The Kier molecular flexibility index (Phi) is 7.92. The minimum atomic E-state index is -1.11. The molecule has 188 valence electrons. The van der Waals surface area contributed by atoms with Gasteiger partial charge in [-0.2, -0.15) is 4.98 Å². The van der Waals surface area contributed by atoms with Gasteiger partial charge in [0.05, 0.1) is 24.5 Å². The summed E-state index contributed by atoms with van der Waals surface area (Å²) in [6.07, 6.45) is 12.8. The molecule has 1 saturated heterocycles.